The minimum atomic E-state index is -1.68. The summed E-state index contributed by atoms with van der Waals surface area (Å²) in [6.45, 7) is 4.07. The Balaban J connectivity index is 2.60. The zero-order valence-electron chi connectivity index (χ0n) is 14.1. The highest BCUT2D eigenvalue weighted by Crippen LogP contribution is 2.56. The summed E-state index contributed by atoms with van der Waals surface area (Å²) in [6, 6.07) is 17.7. The third-order valence-corrected chi connectivity index (χ3v) is 8.35. The number of allylic oxidation sites excluding steroid dienone is 4. The largest absolute Gasteiger partial charge is 0.269 e. The summed E-state index contributed by atoms with van der Waals surface area (Å²) >= 11 is 0. The second-order valence-corrected chi connectivity index (χ2v) is 9.28. The van der Waals surface area contributed by atoms with Crippen LogP contribution in [0.2, 0.25) is 0 Å². The maximum absolute atomic E-state index is 11.0. The molecule has 2 rings (SSSR count). The van der Waals surface area contributed by atoms with E-state index in [-0.39, 0.29) is 10.6 Å². The second kappa shape index (κ2) is 8.56. The van der Waals surface area contributed by atoms with E-state index in [1.54, 1.807) is 12.1 Å². The standard InChI is InChI=1S/C20H23NO2P/c1-3-5-16-24(17-6-4-2,19-10-8-7-9-11-19)20-14-12-18(13-15-20)21(22)23/h3-15H,16-17H2,1-2H3/q+1/b5-3-,6-4-. The van der Waals surface area contributed by atoms with E-state index < -0.39 is 7.26 Å². The molecular weight excluding hydrogens is 317 g/mol. The molecule has 2 aromatic rings. The smallest absolute Gasteiger partial charge is 0.258 e. The summed E-state index contributed by atoms with van der Waals surface area (Å²) in [4.78, 5) is 10.6. The van der Waals surface area contributed by atoms with Crippen molar-refractivity contribution in [3.05, 3.63) is 89.0 Å². The van der Waals surface area contributed by atoms with Gasteiger partial charge in [-0.3, -0.25) is 10.1 Å². The summed E-state index contributed by atoms with van der Waals surface area (Å²) in [5.41, 5.74) is 0.141. The molecule has 0 saturated carbocycles. The van der Waals surface area contributed by atoms with E-state index in [2.05, 4.69) is 48.6 Å². The predicted octanol–water partition coefficient (Wildman–Crippen LogP) is 4.72. The van der Waals surface area contributed by atoms with Gasteiger partial charge < -0.3 is 0 Å². The Labute approximate surface area is 144 Å². The zero-order valence-corrected chi connectivity index (χ0v) is 15.0. The van der Waals surface area contributed by atoms with Crippen molar-refractivity contribution in [3.8, 4) is 0 Å². The van der Waals surface area contributed by atoms with Gasteiger partial charge in [-0.1, -0.05) is 42.5 Å². The van der Waals surface area contributed by atoms with E-state index in [0.717, 1.165) is 12.3 Å². The fourth-order valence-electron chi connectivity index (χ4n) is 2.79. The van der Waals surface area contributed by atoms with E-state index in [1.165, 1.54) is 10.6 Å². The molecular formula is C20H23NO2P+. The van der Waals surface area contributed by atoms with E-state index in [9.17, 15) is 10.1 Å². The molecule has 0 aliphatic heterocycles. The highest BCUT2D eigenvalue weighted by molar-refractivity contribution is 7.89. The normalized spacial score (nSPS) is 12.1. The summed E-state index contributed by atoms with van der Waals surface area (Å²) in [7, 11) is -1.68. The van der Waals surface area contributed by atoms with Crippen molar-refractivity contribution in [1.82, 2.24) is 0 Å². The van der Waals surface area contributed by atoms with Gasteiger partial charge >= 0.3 is 0 Å². The van der Waals surface area contributed by atoms with Crippen molar-refractivity contribution in [1.29, 1.82) is 0 Å². The van der Waals surface area contributed by atoms with Gasteiger partial charge in [-0.2, -0.15) is 0 Å². The first-order chi connectivity index (χ1) is 11.6. The van der Waals surface area contributed by atoms with Crippen LogP contribution in [0, 0.1) is 10.1 Å². The number of nitro benzene ring substituents is 1. The number of non-ortho nitro benzene ring substituents is 1. The third-order valence-electron chi connectivity index (χ3n) is 4.11. The van der Waals surface area contributed by atoms with Gasteiger partial charge in [-0.05, 0) is 38.1 Å². The maximum Gasteiger partial charge on any atom is 0.269 e. The average molecular weight is 340 g/mol. The lowest BCUT2D eigenvalue weighted by atomic mass is 10.3. The molecule has 0 saturated heterocycles. The Bertz CT molecular complexity index is 707. The molecule has 0 bridgehead atoms. The molecule has 0 atom stereocenters. The second-order valence-electron chi connectivity index (χ2n) is 5.58. The lowest BCUT2D eigenvalue weighted by Crippen LogP contribution is -2.26. The molecule has 2 aromatic carbocycles. The Kier molecular flexibility index (Phi) is 6.45. The Morgan fingerprint density at radius 2 is 1.38 bits per heavy atom. The molecule has 0 fully saturated rings. The Morgan fingerprint density at radius 1 is 0.875 bits per heavy atom. The molecule has 0 radical (unpaired) electrons. The van der Waals surface area contributed by atoms with Crippen LogP contribution < -0.4 is 10.6 Å². The first-order valence-electron chi connectivity index (χ1n) is 8.04. The lowest BCUT2D eigenvalue weighted by Gasteiger charge is -2.25. The Hall–Kier alpha value is -2.25. The molecule has 0 aliphatic rings. The van der Waals surface area contributed by atoms with E-state index in [1.807, 2.05) is 32.0 Å². The number of benzene rings is 2. The van der Waals surface area contributed by atoms with Crippen LogP contribution in [0.3, 0.4) is 0 Å². The number of hydrogen-bond acceptors (Lipinski definition) is 2. The van der Waals surface area contributed by atoms with Crippen molar-refractivity contribution in [2.75, 3.05) is 12.3 Å². The molecule has 0 aliphatic carbocycles. The third kappa shape index (κ3) is 3.98. The van der Waals surface area contributed by atoms with Crippen LogP contribution >= 0.6 is 7.26 Å². The molecule has 0 heterocycles. The zero-order chi connectivity index (χ0) is 17.4. The maximum atomic E-state index is 11.0. The van der Waals surface area contributed by atoms with Crippen molar-refractivity contribution in [2.45, 2.75) is 13.8 Å². The fraction of sp³-hybridized carbons (Fsp3) is 0.200. The monoisotopic (exact) mass is 340 g/mol. The molecule has 3 nitrogen and oxygen atoms in total. The minimum Gasteiger partial charge on any atom is -0.258 e. The van der Waals surface area contributed by atoms with Gasteiger partial charge in [0.15, 0.2) is 0 Å². The molecule has 124 valence electrons. The molecule has 4 heteroatoms. The SMILES string of the molecule is C/C=C\C[P+](C/C=C\C)(c1ccccc1)c1ccc([N+](=O)[O-])cc1. The first kappa shape index (κ1) is 18.1. The van der Waals surface area contributed by atoms with Gasteiger partial charge in [0.25, 0.3) is 5.69 Å². The van der Waals surface area contributed by atoms with Crippen LogP contribution in [0.25, 0.3) is 0 Å². The summed E-state index contributed by atoms with van der Waals surface area (Å²) in [6.07, 6.45) is 10.5. The quantitative estimate of drug-likeness (QED) is 0.317. The number of nitro groups is 1. The molecule has 24 heavy (non-hydrogen) atoms. The summed E-state index contributed by atoms with van der Waals surface area (Å²) in [5, 5.41) is 13.5. The van der Waals surface area contributed by atoms with Crippen molar-refractivity contribution in [3.63, 3.8) is 0 Å². The summed E-state index contributed by atoms with van der Waals surface area (Å²) < 4.78 is 0. The van der Waals surface area contributed by atoms with Crippen molar-refractivity contribution < 1.29 is 4.92 Å². The number of hydrogen-bond donors (Lipinski definition) is 0. The highest BCUT2D eigenvalue weighted by Gasteiger charge is 2.40. The molecule has 0 spiro atoms. The van der Waals surface area contributed by atoms with Gasteiger partial charge in [-0.25, -0.2) is 0 Å². The predicted molar refractivity (Wildman–Crippen MR) is 105 cm³/mol. The van der Waals surface area contributed by atoms with Gasteiger partial charge in [0.05, 0.1) is 29.8 Å². The molecule has 0 aromatic heterocycles. The van der Waals surface area contributed by atoms with Crippen LogP contribution in [-0.4, -0.2) is 17.2 Å². The van der Waals surface area contributed by atoms with Crippen molar-refractivity contribution in [2.24, 2.45) is 0 Å². The van der Waals surface area contributed by atoms with Gasteiger partial charge in [0.1, 0.15) is 5.30 Å². The Morgan fingerprint density at radius 3 is 1.83 bits per heavy atom. The number of nitrogens with zero attached hydrogens (tertiary/aromatic N) is 1. The van der Waals surface area contributed by atoms with Crippen LogP contribution in [0.5, 0.6) is 0 Å². The van der Waals surface area contributed by atoms with Crippen LogP contribution in [0.4, 0.5) is 5.69 Å². The van der Waals surface area contributed by atoms with E-state index >= 15 is 0 Å². The topological polar surface area (TPSA) is 43.1 Å². The van der Waals surface area contributed by atoms with Crippen LogP contribution in [0.1, 0.15) is 13.8 Å². The minimum absolute atomic E-state index is 0.141. The molecule has 0 N–H and O–H groups in total. The first-order valence-corrected chi connectivity index (χ1v) is 10.2. The number of rotatable bonds is 7. The lowest BCUT2D eigenvalue weighted by molar-refractivity contribution is -0.384. The molecule has 0 amide bonds. The van der Waals surface area contributed by atoms with Crippen LogP contribution in [-0.2, 0) is 0 Å². The van der Waals surface area contributed by atoms with E-state index in [4.69, 9.17) is 0 Å². The molecule has 0 unspecified atom stereocenters. The van der Waals surface area contributed by atoms with Crippen molar-refractivity contribution >= 4 is 23.6 Å². The van der Waals surface area contributed by atoms with E-state index in [0.29, 0.717) is 0 Å². The summed E-state index contributed by atoms with van der Waals surface area (Å²) in [5.74, 6) is 0. The van der Waals surface area contributed by atoms with Gasteiger partial charge in [0, 0.05) is 12.1 Å². The van der Waals surface area contributed by atoms with Gasteiger partial charge in [-0.15, -0.1) is 0 Å². The average Bonchev–Trinajstić information content (AvgIpc) is 2.63. The van der Waals surface area contributed by atoms with Gasteiger partial charge in [0.2, 0.25) is 0 Å². The van der Waals surface area contributed by atoms with Crippen LogP contribution in [0.15, 0.2) is 78.9 Å². The highest BCUT2D eigenvalue weighted by atomic mass is 31.2. The fourth-order valence-corrected chi connectivity index (χ4v) is 6.68.